The van der Waals surface area contributed by atoms with Crippen LogP contribution >= 0.6 is 11.6 Å². The van der Waals surface area contributed by atoms with Crippen molar-refractivity contribution in [2.24, 2.45) is 0 Å². The molecule has 0 radical (unpaired) electrons. The molecule has 0 saturated heterocycles. The largest absolute Gasteiger partial charge is 0.486 e. The molecule has 0 saturated carbocycles. The first kappa shape index (κ1) is 20.9. The van der Waals surface area contributed by atoms with E-state index in [4.69, 9.17) is 21.1 Å². The standard InChI is InChI=1S/C22H21ClN4O4/c1-30-22(29)15-4-2-3-14(7-15)16-8-17-9-18(31-21(17)19(23)10-16)11-25-20(28)5-6-27-13-24-12-26-27/h2-4,7-8,10,12-13,18H,5-6,9,11H2,1H3,(H,25,28). The van der Waals surface area contributed by atoms with Crippen LogP contribution in [0.15, 0.2) is 49.1 Å². The molecule has 1 aromatic heterocycles. The molecule has 9 heteroatoms. The van der Waals surface area contributed by atoms with Crippen molar-refractivity contribution < 1.29 is 19.1 Å². The highest BCUT2D eigenvalue weighted by atomic mass is 35.5. The molecule has 3 aromatic rings. The predicted octanol–water partition coefficient (Wildman–Crippen LogP) is 2.90. The summed E-state index contributed by atoms with van der Waals surface area (Å²) in [5, 5.41) is 7.37. The summed E-state index contributed by atoms with van der Waals surface area (Å²) < 4.78 is 12.4. The molecule has 1 aliphatic heterocycles. The average Bonchev–Trinajstić information content (AvgIpc) is 3.45. The Bertz CT molecular complexity index is 1100. The lowest BCUT2D eigenvalue weighted by atomic mass is 9.99. The van der Waals surface area contributed by atoms with Crippen LogP contribution in [-0.4, -0.2) is 46.4 Å². The van der Waals surface area contributed by atoms with E-state index in [1.54, 1.807) is 29.2 Å². The number of esters is 1. The number of methoxy groups -OCH3 is 1. The molecule has 4 rings (SSSR count). The van der Waals surface area contributed by atoms with Crippen LogP contribution < -0.4 is 10.1 Å². The van der Waals surface area contributed by atoms with Crippen molar-refractivity contribution in [2.75, 3.05) is 13.7 Å². The summed E-state index contributed by atoms with van der Waals surface area (Å²) in [6.07, 6.45) is 3.75. The minimum Gasteiger partial charge on any atom is -0.486 e. The van der Waals surface area contributed by atoms with Gasteiger partial charge in [0.1, 0.15) is 24.5 Å². The number of hydrogen-bond donors (Lipinski definition) is 1. The van der Waals surface area contributed by atoms with Crippen molar-refractivity contribution in [3.63, 3.8) is 0 Å². The number of ether oxygens (including phenoxy) is 2. The molecular formula is C22H21ClN4O4. The van der Waals surface area contributed by atoms with Crippen LogP contribution in [0.5, 0.6) is 5.75 Å². The number of hydrogen-bond acceptors (Lipinski definition) is 6. The Balaban J connectivity index is 1.39. The Hall–Kier alpha value is -3.39. The molecule has 31 heavy (non-hydrogen) atoms. The Morgan fingerprint density at radius 1 is 1.29 bits per heavy atom. The monoisotopic (exact) mass is 440 g/mol. The minimum absolute atomic E-state index is 0.0820. The van der Waals surface area contributed by atoms with Crippen LogP contribution in [0.4, 0.5) is 0 Å². The Labute approximate surface area is 184 Å². The fourth-order valence-electron chi connectivity index (χ4n) is 3.49. The maximum absolute atomic E-state index is 12.1. The molecule has 0 fully saturated rings. The molecule has 2 aromatic carbocycles. The number of carbonyl (C=O) groups is 2. The van der Waals surface area contributed by atoms with Crippen molar-refractivity contribution in [3.8, 4) is 16.9 Å². The number of nitrogens with zero attached hydrogens (tertiary/aromatic N) is 3. The molecule has 160 valence electrons. The normalized spacial score (nSPS) is 14.6. The van der Waals surface area contributed by atoms with E-state index in [1.807, 2.05) is 18.2 Å². The van der Waals surface area contributed by atoms with Crippen LogP contribution in [0.3, 0.4) is 0 Å². The number of carbonyl (C=O) groups excluding carboxylic acids is 2. The molecule has 1 atom stereocenters. The third-order valence-corrected chi connectivity index (χ3v) is 5.31. The van der Waals surface area contributed by atoms with Crippen molar-refractivity contribution in [1.82, 2.24) is 20.1 Å². The minimum atomic E-state index is -0.392. The van der Waals surface area contributed by atoms with Crippen molar-refractivity contribution in [3.05, 3.63) is 65.2 Å². The zero-order chi connectivity index (χ0) is 21.8. The number of nitrogens with one attached hydrogen (secondary N) is 1. The van der Waals surface area contributed by atoms with Gasteiger partial charge in [0, 0.05) is 18.4 Å². The van der Waals surface area contributed by atoms with Gasteiger partial charge in [0.15, 0.2) is 0 Å². The predicted molar refractivity (Wildman–Crippen MR) is 114 cm³/mol. The summed E-state index contributed by atoms with van der Waals surface area (Å²) in [6.45, 7) is 0.853. The quantitative estimate of drug-likeness (QED) is 0.567. The fraction of sp³-hybridized carbons (Fsp3) is 0.273. The summed E-state index contributed by atoms with van der Waals surface area (Å²) in [5.74, 6) is 0.162. The Morgan fingerprint density at radius 3 is 2.94 bits per heavy atom. The van der Waals surface area contributed by atoms with E-state index in [0.29, 0.717) is 42.3 Å². The molecule has 1 N–H and O–H groups in total. The van der Waals surface area contributed by atoms with Gasteiger partial charge in [-0.25, -0.2) is 9.78 Å². The molecule has 1 unspecified atom stereocenters. The van der Waals surface area contributed by atoms with E-state index in [9.17, 15) is 9.59 Å². The second-order valence-corrected chi connectivity index (χ2v) is 7.58. The maximum Gasteiger partial charge on any atom is 0.337 e. The van der Waals surface area contributed by atoms with Crippen LogP contribution in [0, 0.1) is 0 Å². The highest BCUT2D eigenvalue weighted by Crippen LogP contribution is 2.39. The number of rotatable bonds is 7. The van der Waals surface area contributed by atoms with Crippen LogP contribution in [0.1, 0.15) is 22.3 Å². The highest BCUT2D eigenvalue weighted by Gasteiger charge is 2.26. The third-order valence-electron chi connectivity index (χ3n) is 5.03. The second kappa shape index (κ2) is 9.18. The number of fused-ring (bicyclic) bond motifs is 1. The van der Waals surface area contributed by atoms with Gasteiger partial charge in [0.2, 0.25) is 5.91 Å². The lowest BCUT2D eigenvalue weighted by Gasteiger charge is -2.12. The zero-order valence-electron chi connectivity index (χ0n) is 16.9. The Morgan fingerprint density at radius 2 is 2.16 bits per heavy atom. The highest BCUT2D eigenvalue weighted by molar-refractivity contribution is 6.32. The SMILES string of the molecule is COC(=O)c1cccc(-c2cc(Cl)c3c(c2)CC(CNC(=O)CCn2cncn2)O3)c1. The molecule has 0 spiro atoms. The Kier molecular flexibility index (Phi) is 6.18. The molecule has 8 nitrogen and oxygen atoms in total. The van der Waals surface area contributed by atoms with Crippen molar-refractivity contribution >= 4 is 23.5 Å². The van der Waals surface area contributed by atoms with Crippen LogP contribution in [0.2, 0.25) is 5.02 Å². The first-order valence-electron chi connectivity index (χ1n) is 9.80. The van der Waals surface area contributed by atoms with Gasteiger partial charge < -0.3 is 14.8 Å². The number of aromatic nitrogens is 3. The molecule has 0 aliphatic carbocycles. The van der Waals surface area contributed by atoms with Gasteiger partial charge in [-0.05, 0) is 35.4 Å². The first-order valence-corrected chi connectivity index (χ1v) is 10.2. The average molecular weight is 441 g/mol. The number of amides is 1. The van der Waals surface area contributed by atoms with Crippen LogP contribution in [0.25, 0.3) is 11.1 Å². The number of aryl methyl sites for hydroxylation is 1. The smallest absolute Gasteiger partial charge is 0.337 e. The lowest BCUT2D eigenvalue weighted by Crippen LogP contribution is -2.34. The zero-order valence-corrected chi connectivity index (χ0v) is 17.6. The van der Waals surface area contributed by atoms with Gasteiger partial charge in [-0.1, -0.05) is 23.7 Å². The molecule has 0 bridgehead atoms. The lowest BCUT2D eigenvalue weighted by molar-refractivity contribution is -0.121. The first-order chi connectivity index (χ1) is 15.0. The third kappa shape index (κ3) is 4.86. The van der Waals surface area contributed by atoms with E-state index < -0.39 is 5.97 Å². The summed E-state index contributed by atoms with van der Waals surface area (Å²) >= 11 is 6.47. The van der Waals surface area contributed by atoms with E-state index in [1.165, 1.54) is 13.4 Å². The number of benzene rings is 2. The van der Waals surface area contributed by atoms with Gasteiger partial charge in [-0.3, -0.25) is 9.48 Å². The van der Waals surface area contributed by atoms with Gasteiger partial charge in [-0.2, -0.15) is 5.10 Å². The van der Waals surface area contributed by atoms with Crippen molar-refractivity contribution in [1.29, 1.82) is 0 Å². The van der Waals surface area contributed by atoms with Crippen molar-refractivity contribution in [2.45, 2.75) is 25.5 Å². The van der Waals surface area contributed by atoms with E-state index in [-0.39, 0.29) is 12.0 Å². The molecule has 1 aliphatic rings. The molecule has 1 amide bonds. The van der Waals surface area contributed by atoms with Crippen LogP contribution in [-0.2, 0) is 22.5 Å². The van der Waals surface area contributed by atoms with E-state index in [2.05, 4.69) is 15.4 Å². The second-order valence-electron chi connectivity index (χ2n) is 7.18. The summed E-state index contributed by atoms with van der Waals surface area (Å²) in [5.41, 5.74) is 3.18. The maximum atomic E-state index is 12.1. The number of halogens is 1. The van der Waals surface area contributed by atoms with E-state index >= 15 is 0 Å². The summed E-state index contributed by atoms with van der Waals surface area (Å²) in [6, 6.07) is 11.0. The molecule has 2 heterocycles. The fourth-order valence-corrected chi connectivity index (χ4v) is 3.78. The topological polar surface area (TPSA) is 95.3 Å². The summed E-state index contributed by atoms with van der Waals surface area (Å²) in [4.78, 5) is 27.8. The van der Waals surface area contributed by atoms with E-state index in [0.717, 1.165) is 16.7 Å². The van der Waals surface area contributed by atoms with Gasteiger partial charge in [0.25, 0.3) is 0 Å². The van der Waals surface area contributed by atoms with Gasteiger partial charge >= 0.3 is 5.97 Å². The molecular weight excluding hydrogens is 420 g/mol. The van der Waals surface area contributed by atoms with Gasteiger partial charge in [-0.15, -0.1) is 0 Å². The van der Waals surface area contributed by atoms with Gasteiger partial charge in [0.05, 0.1) is 30.8 Å². The summed E-state index contributed by atoms with van der Waals surface area (Å²) in [7, 11) is 1.35.